The third kappa shape index (κ3) is 2.54. The van der Waals surface area contributed by atoms with Crippen LogP contribution in [0.25, 0.3) is 0 Å². The standard InChI is InChI=1S/C15H16N2O2S/c1-10-5-6-12(8-14(10)17(18)19)16-9-13-7-11-3-2-4-15(11)20-13/h5-8,16H,2-4,9H2,1H3. The number of hydrogen-bond donors (Lipinski definition) is 1. The zero-order chi connectivity index (χ0) is 14.1. The Morgan fingerprint density at radius 3 is 2.95 bits per heavy atom. The van der Waals surface area contributed by atoms with Gasteiger partial charge in [-0.05, 0) is 43.9 Å². The van der Waals surface area contributed by atoms with Crippen molar-refractivity contribution in [1.29, 1.82) is 0 Å². The van der Waals surface area contributed by atoms with E-state index in [9.17, 15) is 10.1 Å². The molecule has 104 valence electrons. The first kappa shape index (κ1) is 13.1. The molecule has 0 atom stereocenters. The van der Waals surface area contributed by atoms with Gasteiger partial charge in [0.05, 0.1) is 4.92 Å². The minimum Gasteiger partial charge on any atom is -0.380 e. The van der Waals surface area contributed by atoms with Gasteiger partial charge in [-0.25, -0.2) is 0 Å². The molecule has 4 nitrogen and oxygen atoms in total. The number of benzene rings is 1. The molecule has 1 heterocycles. The molecular weight excluding hydrogens is 272 g/mol. The molecule has 0 radical (unpaired) electrons. The summed E-state index contributed by atoms with van der Waals surface area (Å²) in [4.78, 5) is 13.4. The Morgan fingerprint density at radius 2 is 2.20 bits per heavy atom. The number of nitro benzene ring substituents is 1. The molecule has 1 aliphatic carbocycles. The molecule has 0 aliphatic heterocycles. The number of hydrogen-bond acceptors (Lipinski definition) is 4. The van der Waals surface area contributed by atoms with Crippen LogP contribution in [-0.4, -0.2) is 4.92 Å². The fraction of sp³-hybridized carbons (Fsp3) is 0.333. The van der Waals surface area contributed by atoms with Crippen LogP contribution in [0.2, 0.25) is 0 Å². The van der Waals surface area contributed by atoms with E-state index in [0.717, 1.165) is 12.2 Å². The summed E-state index contributed by atoms with van der Waals surface area (Å²) < 4.78 is 0. The van der Waals surface area contributed by atoms with Crippen molar-refractivity contribution in [2.24, 2.45) is 0 Å². The van der Waals surface area contributed by atoms with Gasteiger partial charge in [-0.1, -0.05) is 6.07 Å². The first-order valence-corrected chi connectivity index (χ1v) is 7.54. The molecule has 0 amide bonds. The van der Waals surface area contributed by atoms with Crippen molar-refractivity contribution >= 4 is 22.7 Å². The van der Waals surface area contributed by atoms with E-state index < -0.39 is 0 Å². The summed E-state index contributed by atoms with van der Waals surface area (Å²) in [6.45, 7) is 2.49. The van der Waals surface area contributed by atoms with E-state index in [2.05, 4.69) is 11.4 Å². The zero-order valence-corrected chi connectivity index (χ0v) is 12.1. The third-order valence-corrected chi connectivity index (χ3v) is 4.91. The van der Waals surface area contributed by atoms with E-state index in [-0.39, 0.29) is 10.6 Å². The highest BCUT2D eigenvalue weighted by Crippen LogP contribution is 2.31. The molecule has 1 aromatic carbocycles. The van der Waals surface area contributed by atoms with Crippen LogP contribution in [0.15, 0.2) is 24.3 Å². The Labute approximate surface area is 121 Å². The molecule has 1 N–H and O–H groups in total. The van der Waals surface area contributed by atoms with Gasteiger partial charge in [0.15, 0.2) is 0 Å². The predicted octanol–water partition coefficient (Wildman–Crippen LogP) is 4.07. The molecule has 20 heavy (non-hydrogen) atoms. The summed E-state index contributed by atoms with van der Waals surface area (Å²) >= 11 is 1.86. The van der Waals surface area contributed by atoms with Crippen LogP contribution in [-0.2, 0) is 19.4 Å². The van der Waals surface area contributed by atoms with Crippen LogP contribution < -0.4 is 5.32 Å². The van der Waals surface area contributed by atoms with Crippen molar-refractivity contribution in [2.45, 2.75) is 32.7 Å². The number of rotatable bonds is 4. The van der Waals surface area contributed by atoms with Crippen molar-refractivity contribution in [3.05, 3.63) is 55.3 Å². The van der Waals surface area contributed by atoms with Gasteiger partial charge in [-0.15, -0.1) is 11.3 Å². The number of aryl methyl sites for hydroxylation is 3. The predicted molar refractivity (Wildman–Crippen MR) is 81.5 cm³/mol. The molecule has 2 aromatic rings. The van der Waals surface area contributed by atoms with E-state index in [4.69, 9.17) is 0 Å². The van der Waals surface area contributed by atoms with Gasteiger partial charge in [0, 0.05) is 33.6 Å². The van der Waals surface area contributed by atoms with Gasteiger partial charge in [0.25, 0.3) is 5.69 Å². The molecule has 3 rings (SSSR count). The fourth-order valence-corrected chi connectivity index (χ4v) is 3.78. The van der Waals surface area contributed by atoms with Gasteiger partial charge in [0.1, 0.15) is 0 Å². The van der Waals surface area contributed by atoms with Gasteiger partial charge in [-0.2, -0.15) is 0 Å². The average Bonchev–Trinajstić information content (AvgIpc) is 2.98. The van der Waals surface area contributed by atoms with E-state index in [1.807, 2.05) is 17.4 Å². The molecule has 0 spiro atoms. The number of thiophene rings is 1. The fourth-order valence-electron chi connectivity index (χ4n) is 2.58. The lowest BCUT2D eigenvalue weighted by molar-refractivity contribution is -0.385. The maximum atomic E-state index is 10.9. The summed E-state index contributed by atoms with van der Waals surface area (Å²) in [7, 11) is 0. The quantitative estimate of drug-likeness (QED) is 0.681. The smallest absolute Gasteiger partial charge is 0.274 e. The summed E-state index contributed by atoms with van der Waals surface area (Å²) in [5.41, 5.74) is 3.15. The van der Waals surface area contributed by atoms with Crippen molar-refractivity contribution in [3.8, 4) is 0 Å². The van der Waals surface area contributed by atoms with Crippen LogP contribution in [0.4, 0.5) is 11.4 Å². The molecular formula is C15H16N2O2S. The SMILES string of the molecule is Cc1ccc(NCc2cc3c(s2)CCC3)cc1[N+](=O)[O-]. The lowest BCUT2D eigenvalue weighted by Gasteiger charge is -2.06. The molecule has 0 bridgehead atoms. The monoisotopic (exact) mass is 288 g/mol. The largest absolute Gasteiger partial charge is 0.380 e. The Morgan fingerprint density at radius 1 is 1.35 bits per heavy atom. The van der Waals surface area contributed by atoms with Crippen LogP contribution in [0, 0.1) is 17.0 Å². The highest BCUT2D eigenvalue weighted by Gasteiger charge is 2.15. The maximum absolute atomic E-state index is 10.9. The number of fused-ring (bicyclic) bond motifs is 1. The van der Waals surface area contributed by atoms with Crippen molar-refractivity contribution in [1.82, 2.24) is 0 Å². The van der Waals surface area contributed by atoms with Crippen molar-refractivity contribution in [2.75, 3.05) is 5.32 Å². The Kier molecular flexibility index (Phi) is 3.44. The topological polar surface area (TPSA) is 55.2 Å². The van der Waals surface area contributed by atoms with Crippen molar-refractivity contribution in [3.63, 3.8) is 0 Å². The molecule has 0 fully saturated rings. The summed E-state index contributed by atoms with van der Waals surface area (Å²) in [6.07, 6.45) is 3.68. The minimum atomic E-state index is -0.333. The van der Waals surface area contributed by atoms with Crippen LogP contribution >= 0.6 is 11.3 Å². The molecule has 1 aliphatic rings. The third-order valence-electron chi connectivity index (χ3n) is 3.67. The Hall–Kier alpha value is -1.88. The van der Waals surface area contributed by atoms with Crippen LogP contribution in [0.3, 0.4) is 0 Å². The first-order chi connectivity index (χ1) is 9.63. The summed E-state index contributed by atoms with van der Waals surface area (Å²) in [6, 6.07) is 7.55. The van der Waals surface area contributed by atoms with Crippen LogP contribution in [0.5, 0.6) is 0 Å². The lowest BCUT2D eigenvalue weighted by Crippen LogP contribution is -1.99. The Balaban J connectivity index is 1.71. The second kappa shape index (κ2) is 5.25. The second-order valence-electron chi connectivity index (χ2n) is 5.13. The Bertz CT molecular complexity index is 642. The number of nitro groups is 1. The van der Waals surface area contributed by atoms with Gasteiger partial charge in [0.2, 0.25) is 0 Å². The minimum absolute atomic E-state index is 0.170. The molecule has 5 heteroatoms. The van der Waals surface area contributed by atoms with Crippen molar-refractivity contribution < 1.29 is 4.92 Å². The second-order valence-corrected chi connectivity index (χ2v) is 6.35. The molecule has 0 saturated heterocycles. The average molecular weight is 288 g/mol. The number of nitrogens with zero attached hydrogens (tertiary/aromatic N) is 1. The number of anilines is 1. The van der Waals surface area contributed by atoms with E-state index >= 15 is 0 Å². The molecule has 1 aromatic heterocycles. The summed E-state index contributed by atoms with van der Waals surface area (Å²) in [5, 5.41) is 14.2. The normalized spacial score (nSPS) is 13.2. The van der Waals surface area contributed by atoms with Gasteiger partial charge in [-0.3, -0.25) is 10.1 Å². The maximum Gasteiger partial charge on any atom is 0.274 e. The highest BCUT2D eigenvalue weighted by atomic mass is 32.1. The van der Waals surface area contributed by atoms with E-state index in [1.54, 1.807) is 19.1 Å². The van der Waals surface area contributed by atoms with E-state index in [1.165, 1.54) is 34.6 Å². The van der Waals surface area contributed by atoms with Gasteiger partial charge >= 0.3 is 0 Å². The highest BCUT2D eigenvalue weighted by molar-refractivity contribution is 7.12. The number of nitrogens with one attached hydrogen (secondary N) is 1. The van der Waals surface area contributed by atoms with E-state index in [0.29, 0.717) is 5.56 Å². The summed E-state index contributed by atoms with van der Waals surface area (Å²) in [5.74, 6) is 0. The molecule has 0 unspecified atom stereocenters. The van der Waals surface area contributed by atoms with Crippen LogP contribution in [0.1, 0.15) is 27.3 Å². The lowest BCUT2D eigenvalue weighted by atomic mass is 10.2. The zero-order valence-electron chi connectivity index (χ0n) is 11.3. The van der Waals surface area contributed by atoms with Gasteiger partial charge < -0.3 is 5.32 Å². The molecule has 0 saturated carbocycles. The first-order valence-electron chi connectivity index (χ1n) is 6.73.